The Balaban J connectivity index is 2.59. The van der Waals surface area contributed by atoms with Crippen molar-refractivity contribution in [3.63, 3.8) is 0 Å². The van der Waals surface area contributed by atoms with Gasteiger partial charge >= 0.3 is 0 Å². The van der Waals surface area contributed by atoms with E-state index in [4.69, 9.17) is 9.84 Å². The molecule has 0 aliphatic carbocycles. The molecule has 2 atom stereocenters. The number of rotatable bonds is 10. The second-order valence-corrected chi connectivity index (χ2v) is 19.9. The molecule has 0 fully saturated rings. The van der Waals surface area contributed by atoms with Crippen LogP contribution in [0.4, 0.5) is 0 Å². The van der Waals surface area contributed by atoms with E-state index in [0.717, 1.165) is 32.0 Å². The molecule has 0 saturated carbocycles. The van der Waals surface area contributed by atoms with Crippen LogP contribution in [0.5, 0.6) is 11.5 Å². The Labute approximate surface area is 274 Å². The molecule has 2 aromatic carbocycles. The van der Waals surface area contributed by atoms with Crippen LogP contribution in [0.3, 0.4) is 0 Å². The number of aromatic hydroxyl groups is 1. The third-order valence-corrected chi connectivity index (χ3v) is 9.77. The number of hydrogen-bond donors (Lipinski definition) is 4. The molecular formula is C36H56O6S2. The van der Waals surface area contributed by atoms with Crippen molar-refractivity contribution in [2.45, 2.75) is 145 Å². The summed E-state index contributed by atoms with van der Waals surface area (Å²) in [6, 6.07) is 8.49. The lowest BCUT2D eigenvalue weighted by molar-refractivity contribution is -0.136. The van der Waals surface area contributed by atoms with Gasteiger partial charge in [0.1, 0.15) is 30.3 Å². The van der Waals surface area contributed by atoms with Gasteiger partial charge in [-0.3, -0.25) is 4.79 Å². The summed E-state index contributed by atoms with van der Waals surface area (Å²) in [7, 11) is 0. The van der Waals surface area contributed by atoms with Crippen molar-refractivity contribution in [3.05, 3.63) is 46.5 Å². The lowest BCUT2D eigenvalue weighted by Crippen LogP contribution is -2.39. The zero-order valence-corrected chi connectivity index (χ0v) is 30.9. The van der Waals surface area contributed by atoms with E-state index in [-0.39, 0.29) is 25.7 Å². The van der Waals surface area contributed by atoms with Crippen LogP contribution in [0, 0.1) is 0 Å². The summed E-state index contributed by atoms with van der Waals surface area (Å²) in [5.74, 6) is 0.277. The fourth-order valence-electron chi connectivity index (χ4n) is 4.87. The average Bonchev–Trinajstić information content (AvgIpc) is 2.84. The van der Waals surface area contributed by atoms with Crippen molar-refractivity contribution in [2.24, 2.45) is 0 Å². The molecule has 0 saturated heterocycles. The van der Waals surface area contributed by atoms with Gasteiger partial charge in [0.15, 0.2) is 0 Å². The average molecular weight is 649 g/mol. The van der Waals surface area contributed by atoms with E-state index in [1.165, 1.54) is 0 Å². The number of carbonyl (C=O) groups excluding carboxylic acids is 1. The normalized spacial score (nSPS) is 14.8. The molecule has 0 spiro atoms. The lowest BCUT2D eigenvalue weighted by Gasteiger charge is -2.32. The van der Waals surface area contributed by atoms with Gasteiger partial charge in [0, 0.05) is 32.0 Å². The molecular weight excluding hydrogens is 593 g/mol. The number of aliphatic hydroxyl groups excluding tert-OH is 3. The number of phenolic OH excluding ortho intramolecular Hbond substituents is 1. The Morgan fingerprint density at radius 2 is 1.02 bits per heavy atom. The third-order valence-electron chi connectivity index (χ3n) is 7.35. The molecule has 0 aliphatic rings. The molecule has 0 radical (unpaired) electrons. The van der Waals surface area contributed by atoms with Gasteiger partial charge < -0.3 is 25.2 Å². The van der Waals surface area contributed by atoms with Crippen molar-refractivity contribution in [1.29, 1.82) is 0 Å². The standard InChI is InChI=1S/C36H56O6S2/c1-32(2,3)23-15-21(16-24(29(23)40)33(4,5)6)43-36(13,14)44-22-17-25(34(7,8)9)31(26(18-22)35(10,11)12)42-20-28(39)30(41)27(38)19-37/h15-18,27,30,37-38,40-41H,19-20H2,1-14H3/t27-,30-/m0/s1. The van der Waals surface area contributed by atoms with Crippen LogP contribution in [-0.2, 0) is 26.5 Å². The first-order chi connectivity index (χ1) is 19.7. The number of thioether (sulfide) groups is 2. The Bertz CT molecular complexity index is 1250. The fourth-order valence-corrected chi connectivity index (χ4v) is 7.46. The van der Waals surface area contributed by atoms with E-state index in [1.54, 1.807) is 23.5 Å². The van der Waals surface area contributed by atoms with E-state index < -0.39 is 31.2 Å². The summed E-state index contributed by atoms with van der Waals surface area (Å²) < 4.78 is 5.86. The summed E-state index contributed by atoms with van der Waals surface area (Å²) in [6.07, 6.45) is -3.28. The second kappa shape index (κ2) is 13.6. The first-order valence-corrected chi connectivity index (χ1v) is 16.9. The highest BCUT2D eigenvalue weighted by molar-refractivity contribution is 8.18. The number of ketones is 1. The number of aliphatic hydroxyl groups is 3. The number of Topliss-reactive ketones (excluding diaryl/α,β-unsaturated/α-hetero) is 1. The minimum atomic E-state index is -1.72. The maximum absolute atomic E-state index is 12.6. The first-order valence-electron chi connectivity index (χ1n) is 15.3. The smallest absolute Gasteiger partial charge is 0.201 e. The zero-order chi connectivity index (χ0) is 34.2. The minimum Gasteiger partial charge on any atom is -0.507 e. The van der Waals surface area contributed by atoms with Gasteiger partial charge in [-0.2, -0.15) is 0 Å². The van der Waals surface area contributed by atoms with Gasteiger partial charge in [-0.15, -0.1) is 23.5 Å². The van der Waals surface area contributed by atoms with Crippen LogP contribution >= 0.6 is 23.5 Å². The Kier molecular flexibility index (Phi) is 11.9. The topological polar surface area (TPSA) is 107 Å². The highest BCUT2D eigenvalue weighted by atomic mass is 32.2. The maximum atomic E-state index is 12.6. The number of carbonyl (C=O) groups is 1. The van der Waals surface area contributed by atoms with E-state index in [2.05, 4.69) is 121 Å². The highest BCUT2D eigenvalue weighted by Crippen LogP contribution is 2.51. The number of hydrogen-bond acceptors (Lipinski definition) is 8. The first kappa shape index (κ1) is 38.5. The third kappa shape index (κ3) is 9.89. The van der Waals surface area contributed by atoms with E-state index >= 15 is 0 Å². The van der Waals surface area contributed by atoms with Gasteiger partial charge in [-0.1, -0.05) is 83.1 Å². The van der Waals surface area contributed by atoms with Crippen molar-refractivity contribution in [1.82, 2.24) is 0 Å². The van der Waals surface area contributed by atoms with Crippen LogP contribution in [0.2, 0.25) is 0 Å². The highest BCUT2D eigenvalue weighted by Gasteiger charge is 2.33. The Morgan fingerprint density at radius 3 is 1.34 bits per heavy atom. The molecule has 8 heteroatoms. The molecule has 44 heavy (non-hydrogen) atoms. The molecule has 2 rings (SSSR count). The summed E-state index contributed by atoms with van der Waals surface area (Å²) in [6.45, 7) is 28.6. The van der Waals surface area contributed by atoms with Gasteiger partial charge in [-0.05, 0) is 59.8 Å². The van der Waals surface area contributed by atoms with Gasteiger partial charge in [0.25, 0.3) is 0 Å². The van der Waals surface area contributed by atoms with Crippen LogP contribution in [0.25, 0.3) is 0 Å². The summed E-state index contributed by atoms with van der Waals surface area (Å²) >= 11 is 3.52. The number of phenols is 1. The van der Waals surface area contributed by atoms with Crippen LogP contribution in [-0.4, -0.2) is 55.7 Å². The molecule has 0 aliphatic heterocycles. The van der Waals surface area contributed by atoms with Crippen molar-refractivity contribution in [3.8, 4) is 11.5 Å². The molecule has 6 nitrogen and oxygen atoms in total. The molecule has 0 aromatic heterocycles. The molecule has 0 heterocycles. The minimum absolute atomic E-state index is 0.218. The van der Waals surface area contributed by atoms with Crippen LogP contribution in [0.15, 0.2) is 34.1 Å². The predicted octanol–water partition coefficient (Wildman–Crippen LogP) is 7.86. The Hall–Kier alpha value is -1.71. The SMILES string of the molecule is CC(C)(Sc1cc(C(C)(C)C)c(O)c(C(C)(C)C)c1)Sc1cc(C(C)(C)C)c(OCC(=O)[C@@H](O)[C@@H](O)CO)c(C(C)(C)C)c1. The van der Waals surface area contributed by atoms with E-state index in [9.17, 15) is 20.1 Å². The van der Waals surface area contributed by atoms with Gasteiger partial charge in [-0.25, -0.2) is 0 Å². The lowest BCUT2D eigenvalue weighted by atomic mass is 9.79. The van der Waals surface area contributed by atoms with Crippen LogP contribution < -0.4 is 4.74 Å². The van der Waals surface area contributed by atoms with Crippen LogP contribution in [0.1, 0.15) is 119 Å². The molecule has 248 valence electrons. The molecule has 2 aromatic rings. The Morgan fingerprint density at radius 1 is 0.682 bits per heavy atom. The maximum Gasteiger partial charge on any atom is 0.201 e. The zero-order valence-electron chi connectivity index (χ0n) is 29.3. The molecule has 0 bridgehead atoms. The monoisotopic (exact) mass is 648 g/mol. The van der Waals surface area contributed by atoms with E-state index in [1.807, 2.05) is 0 Å². The van der Waals surface area contributed by atoms with Crippen molar-refractivity contribution in [2.75, 3.05) is 13.2 Å². The molecule has 4 N–H and O–H groups in total. The number of benzene rings is 2. The van der Waals surface area contributed by atoms with Gasteiger partial charge in [0.2, 0.25) is 5.78 Å². The largest absolute Gasteiger partial charge is 0.507 e. The summed E-state index contributed by atoms with van der Waals surface area (Å²) in [5.41, 5.74) is 2.66. The van der Waals surface area contributed by atoms with Gasteiger partial charge in [0.05, 0.1) is 10.7 Å². The fraction of sp³-hybridized carbons (Fsp3) is 0.639. The molecule has 0 amide bonds. The number of ether oxygens (including phenoxy) is 1. The molecule has 0 unspecified atom stereocenters. The summed E-state index contributed by atoms with van der Waals surface area (Å²) in [4.78, 5) is 14.8. The van der Waals surface area contributed by atoms with E-state index in [0.29, 0.717) is 11.5 Å². The summed E-state index contributed by atoms with van der Waals surface area (Å²) in [5, 5.41) is 40.2. The predicted molar refractivity (Wildman–Crippen MR) is 185 cm³/mol. The van der Waals surface area contributed by atoms with Crippen molar-refractivity contribution >= 4 is 29.3 Å². The van der Waals surface area contributed by atoms with Crippen molar-refractivity contribution < 1.29 is 30.0 Å². The second-order valence-electron chi connectivity index (χ2n) is 16.3. The quantitative estimate of drug-likeness (QED) is 0.152.